The van der Waals surface area contributed by atoms with Crippen LogP contribution in [0.25, 0.3) is 0 Å². The van der Waals surface area contributed by atoms with Crippen LogP contribution in [-0.2, 0) is 17.9 Å². The Morgan fingerprint density at radius 1 is 1.08 bits per heavy atom. The van der Waals surface area contributed by atoms with Gasteiger partial charge < -0.3 is 20.9 Å². The summed E-state index contributed by atoms with van der Waals surface area (Å²) in [4.78, 5) is 39.3. The van der Waals surface area contributed by atoms with E-state index in [-0.39, 0.29) is 18.0 Å². The first kappa shape index (κ1) is 24.6. The molecule has 192 valence electrons. The fourth-order valence-electron chi connectivity index (χ4n) is 5.41. The summed E-state index contributed by atoms with van der Waals surface area (Å²) < 4.78 is 0. The Bertz CT molecular complexity index is 1010. The highest BCUT2D eigenvalue weighted by molar-refractivity contribution is 5.92. The van der Waals surface area contributed by atoms with E-state index in [0.29, 0.717) is 18.1 Å². The lowest BCUT2D eigenvalue weighted by Crippen LogP contribution is -2.55. The number of amides is 2. The SMILES string of the molecule is O=CN1CCC(Nc2cc(C(=O)NCC(CN3Cc4ccccc4C3)N3CCNCC3)ncn2)CC1. The zero-order valence-electron chi connectivity index (χ0n) is 20.7. The van der Waals surface area contributed by atoms with E-state index in [9.17, 15) is 9.59 Å². The summed E-state index contributed by atoms with van der Waals surface area (Å²) in [5.74, 6) is 0.467. The van der Waals surface area contributed by atoms with E-state index in [1.54, 1.807) is 11.0 Å². The van der Waals surface area contributed by atoms with Crippen molar-refractivity contribution in [2.75, 3.05) is 57.7 Å². The smallest absolute Gasteiger partial charge is 0.270 e. The van der Waals surface area contributed by atoms with E-state index in [4.69, 9.17) is 0 Å². The van der Waals surface area contributed by atoms with Crippen LogP contribution in [0.3, 0.4) is 0 Å². The van der Waals surface area contributed by atoms with Gasteiger partial charge >= 0.3 is 0 Å². The van der Waals surface area contributed by atoms with Gasteiger partial charge in [0.15, 0.2) is 0 Å². The first-order chi connectivity index (χ1) is 17.7. The molecule has 2 aromatic rings. The van der Waals surface area contributed by atoms with Crippen LogP contribution in [0, 0.1) is 0 Å². The molecule has 4 heterocycles. The molecule has 0 radical (unpaired) electrons. The number of carbonyl (C=O) groups excluding carboxylic acids is 2. The minimum Gasteiger partial charge on any atom is -0.367 e. The van der Waals surface area contributed by atoms with Gasteiger partial charge in [-0.05, 0) is 24.0 Å². The number of benzene rings is 1. The monoisotopic (exact) mass is 492 g/mol. The normalized spacial score (nSPS) is 20.1. The van der Waals surface area contributed by atoms with Gasteiger partial charge in [-0.3, -0.25) is 19.4 Å². The lowest BCUT2D eigenvalue weighted by molar-refractivity contribution is -0.118. The second kappa shape index (κ2) is 11.8. The highest BCUT2D eigenvalue weighted by Crippen LogP contribution is 2.23. The maximum Gasteiger partial charge on any atom is 0.270 e. The van der Waals surface area contributed by atoms with Gasteiger partial charge in [-0.15, -0.1) is 0 Å². The van der Waals surface area contributed by atoms with Crippen molar-refractivity contribution in [2.45, 2.75) is 38.0 Å². The topological polar surface area (TPSA) is 106 Å². The van der Waals surface area contributed by atoms with Crippen LogP contribution < -0.4 is 16.0 Å². The molecule has 1 aromatic heterocycles. The van der Waals surface area contributed by atoms with Crippen molar-refractivity contribution >= 4 is 18.1 Å². The third-order valence-corrected chi connectivity index (χ3v) is 7.47. The number of anilines is 1. The van der Waals surface area contributed by atoms with Gasteiger partial charge in [0.05, 0.1) is 0 Å². The number of hydrogen-bond acceptors (Lipinski definition) is 8. The molecule has 10 nitrogen and oxygen atoms in total. The molecule has 2 saturated heterocycles. The molecular formula is C26H36N8O2. The zero-order chi connectivity index (χ0) is 24.7. The maximum absolute atomic E-state index is 13.1. The summed E-state index contributed by atoms with van der Waals surface area (Å²) in [6.07, 6.45) is 4.06. The highest BCUT2D eigenvalue weighted by atomic mass is 16.2. The second-order valence-electron chi connectivity index (χ2n) is 9.94. The molecule has 1 unspecified atom stereocenters. The molecule has 5 rings (SSSR count). The number of piperazine rings is 1. The number of fused-ring (bicyclic) bond motifs is 1. The fourth-order valence-corrected chi connectivity index (χ4v) is 5.41. The molecule has 10 heteroatoms. The third kappa shape index (κ3) is 6.18. The maximum atomic E-state index is 13.1. The number of aromatic nitrogens is 2. The second-order valence-corrected chi connectivity index (χ2v) is 9.94. The van der Waals surface area contributed by atoms with E-state index in [2.05, 4.69) is 60.0 Å². The van der Waals surface area contributed by atoms with Crippen LogP contribution >= 0.6 is 0 Å². The van der Waals surface area contributed by atoms with Crippen LogP contribution in [0.2, 0.25) is 0 Å². The lowest BCUT2D eigenvalue weighted by atomic mass is 10.1. The van der Waals surface area contributed by atoms with Gasteiger partial charge in [0.2, 0.25) is 6.41 Å². The van der Waals surface area contributed by atoms with Gasteiger partial charge in [0, 0.05) is 83.6 Å². The molecule has 0 spiro atoms. The summed E-state index contributed by atoms with van der Waals surface area (Å²) >= 11 is 0. The van der Waals surface area contributed by atoms with Crippen molar-refractivity contribution in [3.8, 4) is 0 Å². The zero-order valence-corrected chi connectivity index (χ0v) is 20.7. The first-order valence-corrected chi connectivity index (χ1v) is 13.0. The molecule has 3 aliphatic rings. The van der Waals surface area contributed by atoms with E-state index < -0.39 is 0 Å². The Morgan fingerprint density at radius 3 is 2.50 bits per heavy atom. The minimum atomic E-state index is -0.180. The van der Waals surface area contributed by atoms with Crippen molar-refractivity contribution in [3.05, 3.63) is 53.5 Å². The average molecular weight is 493 g/mol. The number of likely N-dealkylation sites (tertiary alicyclic amines) is 1. The first-order valence-electron chi connectivity index (χ1n) is 13.0. The third-order valence-electron chi connectivity index (χ3n) is 7.47. The van der Waals surface area contributed by atoms with E-state index >= 15 is 0 Å². The molecule has 2 fully saturated rings. The van der Waals surface area contributed by atoms with Crippen LogP contribution in [0.4, 0.5) is 5.82 Å². The van der Waals surface area contributed by atoms with Gasteiger partial charge in [0.25, 0.3) is 5.91 Å². The molecule has 0 aliphatic carbocycles. The number of hydrogen-bond donors (Lipinski definition) is 3. The van der Waals surface area contributed by atoms with Crippen LogP contribution in [0.1, 0.15) is 34.5 Å². The van der Waals surface area contributed by atoms with Crippen LogP contribution in [0.15, 0.2) is 36.7 Å². The van der Waals surface area contributed by atoms with Crippen molar-refractivity contribution in [2.24, 2.45) is 0 Å². The predicted molar refractivity (Wildman–Crippen MR) is 137 cm³/mol. The minimum absolute atomic E-state index is 0.180. The molecule has 0 saturated carbocycles. The van der Waals surface area contributed by atoms with Crippen molar-refractivity contribution in [1.82, 2.24) is 35.3 Å². The number of rotatable bonds is 9. The summed E-state index contributed by atoms with van der Waals surface area (Å²) in [5, 5.41) is 9.97. The molecule has 2 amide bonds. The Labute approximate surface area is 212 Å². The van der Waals surface area contributed by atoms with Gasteiger partial charge in [-0.2, -0.15) is 0 Å². The molecule has 36 heavy (non-hydrogen) atoms. The van der Waals surface area contributed by atoms with Crippen molar-refractivity contribution < 1.29 is 9.59 Å². The largest absolute Gasteiger partial charge is 0.367 e. The van der Waals surface area contributed by atoms with Crippen LogP contribution in [0.5, 0.6) is 0 Å². The fraction of sp³-hybridized carbons (Fsp3) is 0.538. The van der Waals surface area contributed by atoms with Crippen molar-refractivity contribution in [1.29, 1.82) is 0 Å². The Balaban J connectivity index is 1.18. The van der Waals surface area contributed by atoms with Gasteiger partial charge in [-0.1, -0.05) is 24.3 Å². The van der Waals surface area contributed by atoms with Crippen LogP contribution in [-0.4, -0.2) is 101 Å². The number of nitrogens with zero attached hydrogens (tertiary/aromatic N) is 5. The summed E-state index contributed by atoms with van der Waals surface area (Å²) in [7, 11) is 0. The number of carbonyl (C=O) groups is 2. The van der Waals surface area contributed by atoms with Gasteiger partial charge in [-0.25, -0.2) is 9.97 Å². The average Bonchev–Trinajstić information content (AvgIpc) is 3.34. The Hall–Kier alpha value is -3.08. The van der Waals surface area contributed by atoms with E-state index in [1.165, 1.54) is 17.5 Å². The van der Waals surface area contributed by atoms with E-state index in [1.807, 2.05) is 0 Å². The van der Waals surface area contributed by atoms with Crippen molar-refractivity contribution in [3.63, 3.8) is 0 Å². The molecule has 1 aromatic carbocycles. The molecule has 1 atom stereocenters. The predicted octanol–water partition coefficient (Wildman–Crippen LogP) is 0.529. The van der Waals surface area contributed by atoms with Gasteiger partial charge in [0.1, 0.15) is 17.8 Å². The number of nitrogens with one attached hydrogen (secondary N) is 3. The molecular weight excluding hydrogens is 456 g/mol. The molecule has 3 N–H and O–H groups in total. The summed E-state index contributed by atoms with van der Waals surface area (Å²) in [6.45, 7) is 8.75. The summed E-state index contributed by atoms with van der Waals surface area (Å²) in [6, 6.07) is 10.8. The molecule has 0 bridgehead atoms. The highest BCUT2D eigenvalue weighted by Gasteiger charge is 2.27. The molecule has 3 aliphatic heterocycles. The number of piperidine rings is 1. The Kier molecular flexibility index (Phi) is 8.04. The van der Waals surface area contributed by atoms with E-state index in [0.717, 1.165) is 78.2 Å². The standard InChI is InChI=1S/C26H36N8O2/c35-19-32-9-5-22(6-10-32)31-25-13-24(29-18-30-25)26(36)28-14-23(34-11-7-27-8-12-34)17-33-15-20-3-1-2-4-21(20)16-33/h1-4,13,18-19,22-23,27H,5-12,14-17H2,(H,28,36)(H,29,30,31). The Morgan fingerprint density at radius 2 is 1.81 bits per heavy atom. The lowest BCUT2D eigenvalue weighted by Gasteiger charge is -2.37. The quantitative estimate of drug-likeness (QED) is 0.436. The summed E-state index contributed by atoms with van der Waals surface area (Å²) in [5.41, 5.74) is 3.17.